The van der Waals surface area contributed by atoms with E-state index in [0.717, 1.165) is 24.5 Å². The predicted octanol–water partition coefficient (Wildman–Crippen LogP) is 2.75. The van der Waals surface area contributed by atoms with Crippen molar-refractivity contribution >= 4 is 11.3 Å². The molecule has 0 amide bonds. The van der Waals surface area contributed by atoms with E-state index in [1.54, 1.807) is 0 Å². The SMILES string of the molecule is NC1(c2csc(C3CCC3)n2)CCC1. The normalized spacial score (nSPS) is 25.5. The molecular formula is C11H16N2S. The lowest BCUT2D eigenvalue weighted by Crippen LogP contribution is -2.43. The van der Waals surface area contributed by atoms with Gasteiger partial charge >= 0.3 is 0 Å². The molecule has 0 spiro atoms. The summed E-state index contributed by atoms with van der Waals surface area (Å²) in [5.41, 5.74) is 7.35. The van der Waals surface area contributed by atoms with Crippen molar-refractivity contribution in [3.63, 3.8) is 0 Å². The van der Waals surface area contributed by atoms with Gasteiger partial charge in [0, 0.05) is 11.3 Å². The Morgan fingerprint density at radius 1 is 1.36 bits per heavy atom. The largest absolute Gasteiger partial charge is 0.320 e. The summed E-state index contributed by atoms with van der Waals surface area (Å²) in [6.07, 6.45) is 7.58. The average molecular weight is 208 g/mol. The van der Waals surface area contributed by atoms with E-state index in [2.05, 4.69) is 5.38 Å². The van der Waals surface area contributed by atoms with E-state index in [9.17, 15) is 0 Å². The third-order valence-electron chi connectivity index (χ3n) is 3.73. The van der Waals surface area contributed by atoms with Crippen LogP contribution >= 0.6 is 11.3 Å². The molecule has 2 aliphatic carbocycles. The lowest BCUT2D eigenvalue weighted by Gasteiger charge is -2.36. The minimum Gasteiger partial charge on any atom is -0.320 e. The average Bonchev–Trinajstić information content (AvgIpc) is 2.46. The van der Waals surface area contributed by atoms with Crippen molar-refractivity contribution in [1.82, 2.24) is 4.98 Å². The number of thiazole rings is 1. The van der Waals surface area contributed by atoms with E-state index >= 15 is 0 Å². The standard InChI is InChI=1S/C11H16N2S/c12-11(5-2-6-11)9-7-14-10(13-9)8-3-1-4-8/h7-8H,1-6,12H2. The molecule has 1 aromatic heterocycles. The molecule has 76 valence electrons. The third-order valence-corrected chi connectivity index (χ3v) is 4.74. The zero-order chi connectivity index (χ0) is 9.60. The van der Waals surface area contributed by atoms with E-state index in [4.69, 9.17) is 10.7 Å². The minimum atomic E-state index is -0.0570. The molecule has 1 heterocycles. The number of hydrogen-bond donors (Lipinski definition) is 1. The maximum absolute atomic E-state index is 6.24. The number of nitrogens with zero attached hydrogens (tertiary/aromatic N) is 1. The highest BCUT2D eigenvalue weighted by atomic mass is 32.1. The van der Waals surface area contributed by atoms with Crippen molar-refractivity contribution in [2.75, 3.05) is 0 Å². The van der Waals surface area contributed by atoms with Crippen molar-refractivity contribution in [3.8, 4) is 0 Å². The number of aromatic nitrogens is 1. The number of nitrogens with two attached hydrogens (primary N) is 1. The molecule has 14 heavy (non-hydrogen) atoms. The van der Waals surface area contributed by atoms with Crippen LogP contribution in [0.3, 0.4) is 0 Å². The zero-order valence-corrected chi connectivity index (χ0v) is 9.15. The fraction of sp³-hybridized carbons (Fsp3) is 0.727. The Morgan fingerprint density at radius 2 is 2.14 bits per heavy atom. The molecule has 0 unspecified atom stereocenters. The van der Waals surface area contributed by atoms with Gasteiger partial charge in [-0.25, -0.2) is 4.98 Å². The van der Waals surface area contributed by atoms with E-state index < -0.39 is 0 Å². The van der Waals surface area contributed by atoms with Crippen LogP contribution in [0.25, 0.3) is 0 Å². The maximum Gasteiger partial charge on any atom is 0.0960 e. The van der Waals surface area contributed by atoms with E-state index in [1.165, 1.54) is 30.7 Å². The van der Waals surface area contributed by atoms with Crippen LogP contribution in [0.15, 0.2) is 5.38 Å². The van der Waals surface area contributed by atoms with Crippen LogP contribution in [0.4, 0.5) is 0 Å². The molecule has 0 bridgehead atoms. The van der Waals surface area contributed by atoms with Gasteiger partial charge in [-0.15, -0.1) is 11.3 Å². The van der Waals surface area contributed by atoms with Gasteiger partial charge in [0.1, 0.15) is 0 Å². The summed E-state index contributed by atoms with van der Waals surface area (Å²) in [6.45, 7) is 0. The Kier molecular flexibility index (Phi) is 1.92. The Bertz CT molecular complexity index is 337. The zero-order valence-electron chi connectivity index (χ0n) is 8.33. The van der Waals surface area contributed by atoms with Crippen molar-refractivity contribution in [1.29, 1.82) is 0 Å². The summed E-state index contributed by atoms with van der Waals surface area (Å²) in [4.78, 5) is 4.72. The first kappa shape index (κ1) is 8.86. The van der Waals surface area contributed by atoms with Gasteiger partial charge in [-0.3, -0.25) is 0 Å². The molecule has 0 atom stereocenters. The van der Waals surface area contributed by atoms with E-state index in [1.807, 2.05) is 11.3 Å². The summed E-state index contributed by atoms with van der Waals surface area (Å²) in [6, 6.07) is 0. The molecule has 0 aliphatic heterocycles. The van der Waals surface area contributed by atoms with Crippen molar-refractivity contribution in [2.24, 2.45) is 5.73 Å². The molecule has 2 aliphatic rings. The Labute approximate surface area is 88.5 Å². The first-order valence-electron chi connectivity index (χ1n) is 5.53. The molecule has 1 aromatic rings. The van der Waals surface area contributed by atoms with Crippen molar-refractivity contribution in [3.05, 3.63) is 16.1 Å². The molecule has 0 radical (unpaired) electrons. The van der Waals surface area contributed by atoms with Gasteiger partial charge in [-0.2, -0.15) is 0 Å². The highest BCUT2D eigenvalue weighted by Gasteiger charge is 2.37. The second-order valence-electron chi connectivity index (χ2n) is 4.71. The Morgan fingerprint density at radius 3 is 2.64 bits per heavy atom. The van der Waals surface area contributed by atoms with Gasteiger partial charge in [0.2, 0.25) is 0 Å². The van der Waals surface area contributed by atoms with Gasteiger partial charge in [0.05, 0.1) is 16.2 Å². The van der Waals surface area contributed by atoms with Gasteiger partial charge in [0.25, 0.3) is 0 Å². The summed E-state index contributed by atoms with van der Waals surface area (Å²) in [5, 5.41) is 3.52. The summed E-state index contributed by atoms with van der Waals surface area (Å²) < 4.78 is 0. The second-order valence-corrected chi connectivity index (χ2v) is 5.60. The first-order valence-corrected chi connectivity index (χ1v) is 6.41. The quantitative estimate of drug-likeness (QED) is 0.811. The molecule has 0 aromatic carbocycles. The first-order chi connectivity index (χ1) is 6.78. The second kappa shape index (κ2) is 3.04. The van der Waals surface area contributed by atoms with Gasteiger partial charge in [-0.1, -0.05) is 6.42 Å². The van der Waals surface area contributed by atoms with Crippen LogP contribution in [0, 0.1) is 0 Å². The third kappa shape index (κ3) is 1.22. The smallest absolute Gasteiger partial charge is 0.0960 e. The Balaban J connectivity index is 1.82. The maximum atomic E-state index is 6.24. The summed E-state index contributed by atoms with van der Waals surface area (Å²) in [5.74, 6) is 0.762. The summed E-state index contributed by atoms with van der Waals surface area (Å²) >= 11 is 1.82. The fourth-order valence-corrected chi connectivity index (χ4v) is 3.27. The molecule has 2 nitrogen and oxygen atoms in total. The molecule has 3 heteroatoms. The predicted molar refractivity (Wildman–Crippen MR) is 58.4 cm³/mol. The van der Waals surface area contributed by atoms with Crippen LogP contribution < -0.4 is 5.73 Å². The fourth-order valence-electron chi connectivity index (χ4n) is 2.17. The monoisotopic (exact) mass is 208 g/mol. The van der Waals surface area contributed by atoms with Crippen LogP contribution in [0.1, 0.15) is 55.1 Å². The molecule has 2 N–H and O–H groups in total. The minimum absolute atomic E-state index is 0.0570. The number of hydrogen-bond acceptors (Lipinski definition) is 3. The highest BCUT2D eigenvalue weighted by Crippen LogP contribution is 2.42. The van der Waals surface area contributed by atoms with Crippen LogP contribution in [-0.4, -0.2) is 4.98 Å². The molecule has 3 rings (SSSR count). The van der Waals surface area contributed by atoms with Gasteiger partial charge in [-0.05, 0) is 32.1 Å². The van der Waals surface area contributed by atoms with E-state index in [0.29, 0.717) is 0 Å². The molecule has 2 fully saturated rings. The van der Waals surface area contributed by atoms with Crippen LogP contribution in [-0.2, 0) is 5.54 Å². The van der Waals surface area contributed by atoms with Gasteiger partial charge in [0.15, 0.2) is 0 Å². The van der Waals surface area contributed by atoms with Crippen LogP contribution in [0.5, 0.6) is 0 Å². The van der Waals surface area contributed by atoms with Crippen LogP contribution in [0.2, 0.25) is 0 Å². The molecule has 0 saturated heterocycles. The molecule has 2 saturated carbocycles. The highest BCUT2D eigenvalue weighted by molar-refractivity contribution is 7.09. The lowest BCUT2D eigenvalue weighted by atomic mass is 9.76. The van der Waals surface area contributed by atoms with E-state index in [-0.39, 0.29) is 5.54 Å². The number of rotatable bonds is 2. The van der Waals surface area contributed by atoms with Gasteiger partial charge < -0.3 is 5.73 Å². The molecular weight excluding hydrogens is 192 g/mol. The lowest BCUT2D eigenvalue weighted by molar-refractivity contribution is 0.246. The van der Waals surface area contributed by atoms with Crippen molar-refractivity contribution in [2.45, 2.75) is 50.0 Å². The Hall–Kier alpha value is -0.410. The summed E-state index contributed by atoms with van der Waals surface area (Å²) in [7, 11) is 0. The van der Waals surface area contributed by atoms with Crippen molar-refractivity contribution < 1.29 is 0 Å². The topological polar surface area (TPSA) is 38.9 Å².